The molecule has 0 radical (unpaired) electrons. The van der Waals surface area contributed by atoms with Gasteiger partial charge in [0.15, 0.2) is 0 Å². The Labute approximate surface area is 185 Å². The zero-order valence-corrected chi connectivity index (χ0v) is 17.7. The number of benzene rings is 3. The summed E-state index contributed by atoms with van der Waals surface area (Å²) in [6.07, 6.45) is 3.72. The molecule has 0 saturated carbocycles. The fourth-order valence-electron chi connectivity index (χ4n) is 3.51. The first-order chi connectivity index (χ1) is 15.0. The van der Waals surface area contributed by atoms with Gasteiger partial charge in [0, 0.05) is 23.1 Å². The van der Waals surface area contributed by atoms with Crippen molar-refractivity contribution >= 4 is 29.3 Å². The Kier molecular flexibility index (Phi) is 6.05. The predicted molar refractivity (Wildman–Crippen MR) is 122 cm³/mol. The summed E-state index contributed by atoms with van der Waals surface area (Å²) in [5, 5.41) is 16.8. The zero-order valence-electron chi connectivity index (χ0n) is 16.9. The lowest BCUT2D eigenvalue weighted by atomic mass is 9.98. The number of methoxy groups -OCH3 is 1. The molecular formula is C25H21ClN2O3. The lowest BCUT2D eigenvalue weighted by Crippen LogP contribution is -2.25. The Bertz CT molecular complexity index is 1140. The van der Waals surface area contributed by atoms with Crippen LogP contribution in [0.15, 0.2) is 84.0 Å². The average molecular weight is 433 g/mol. The second kappa shape index (κ2) is 9.06. The monoisotopic (exact) mass is 432 g/mol. The minimum Gasteiger partial charge on any atom is -0.507 e. The highest BCUT2D eigenvalue weighted by molar-refractivity contribution is 6.31. The Morgan fingerprint density at radius 1 is 1.13 bits per heavy atom. The quantitative estimate of drug-likeness (QED) is 0.545. The van der Waals surface area contributed by atoms with E-state index in [1.807, 2.05) is 54.6 Å². The molecule has 0 fully saturated rings. The number of carbonyl (C=O) groups is 1. The van der Waals surface area contributed by atoms with Gasteiger partial charge in [-0.2, -0.15) is 5.10 Å². The topological polar surface area (TPSA) is 62.1 Å². The summed E-state index contributed by atoms with van der Waals surface area (Å²) in [6.45, 7) is 0. The molecule has 1 aliphatic heterocycles. The fraction of sp³-hybridized carbons (Fsp3) is 0.120. The van der Waals surface area contributed by atoms with Crippen molar-refractivity contribution < 1.29 is 14.6 Å². The number of phenolic OH excluding ortho intramolecular Hbond substituents is 1. The van der Waals surface area contributed by atoms with Crippen molar-refractivity contribution in [3.05, 3.63) is 101 Å². The lowest BCUT2D eigenvalue weighted by Gasteiger charge is -2.21. The molecule has 5 nitrogen and oxygen atoms in total. The highest BCUT2D eigenvalue weighted by atomic mass is 35.5. The van der Waals surface area contributed by atoms with E-state index >= 15 is 0 Å². The highest BCUT2D eigenvalue weighted by Crippen LogP contribution is 2.36. The summed E-state index contributed by atoms with van der Waals surface area (Å²) in [6, 6.07) is 21.6. The normalized spacial score (nSPS) is 15.9. The molecule has 0 aliphatic carbocycles. The van der Waals surface area contributed by atoms with E-state index in [9.17, 15) is 9.90 Å². The summed E-state index contributed by atoms with van der Waals surface area (Å²) >= 11 is 6.13. The van der Waals surface area contributed by atoms with Crippen molar-refractivity contribution in [3.63, 3.8) is 0 Å². The van der Waals surface area contributed by atoms with Gasteiger partial charge in [0.25, 0.3) is 5.91 Å². The Morgan fingerprint density at radius 2 is 1.87 bits per heavy atom. The third kappa shape index (κ3) is 4.62. The van der Waals surface area contributed by atoms with Crippen molar-refractivity contribution in [2.75, 3.05) is 7.11 Å². The van der Waals surface area contributed by atoms with E-state index < -0.39 is 0 Å². The molecule has 0 bridgehead atoms. The number of amides is 1. The maximum absolute atomic E-state index is 13.1. The number of rotatable bonds is 5. The second-order valence-corrected chi connectivity index (χ2v) is 7.56. The molecule has 156 valence electrons. The Morgan fingerprint density at radius 3 is 2.58 bits per heavy atom. The van der Waals surface area contributed by atoms with Crippen LogP contribution < -0.4 is 4.74 Å². The summed E-state index contributed by atoms with van der Waals surface area (Å²) in [5.74, 6) is 0.559. The van der Waals surface area contributed by atoms with Crippen LogP contribution in [0.25, 0.3) is 6.08 Å². The minimum absolute atomic E-state index is 0.0748. The Hall–Kier alpha value is -3.57. The number of carbonyl (C=O) groups excluding carboxylic acids is 1. The smallest absolute Gasteiger partial charge is 0.267 e. The van der Waals surface area contributed by atoms with Crippen molar-refractivity contribution in [2.24, 2.45) is 5.10 Å². The van der Waals surface area contributed by atoms with Crippen molar-refractivity contribution in [1.29, 1.82) is 0 Å². The molecule has 1 atom stereocenters. The highest BCUT2D eigenvalue weighted by Gasteiger charge is 2.33. The number of halogens is 1. The van der Waals surface area contributed by atoms with Crippen molar-refractivity contribution in [1.82, 2.24) is 5.01 Å². The zero-order chi connectivity index (χ0) is 21.8. The van der Waals surface area contributed by atoms with Gasteiger partial charge in [-0.3, -0.25) is 4.79 Å². The van der Waals surface area contributed by atoms with E-state index in [0.717, 1.165) is 16.9 Å². The molecule has 1 amide bonds. The molecule has 1 heterocycles. The largest absolute Gasteiger partial charge is 0.507 e. The first kappa shape index (κ1) is 20.7. The van der Waals surface area contributed by atoms with Crippen LogP contribution in [0.1, 0.15) is 29.2 Å². The van der Waals surface area contributed by atoms with Crippen LogP contribution in [0.3, 0.4) is 0 Å². The van der Waals surface area contributed by atoms with E-state index in [2.05, 4.69) is 5.10 Å². The maximum atomic E-state index is 13.1. The number of ether oxygens (including phenoxy) is 1. The van der Waals surface area contributed by atoms with Crippen LogP contribution in [0.4, 0.5) is 0 Å². The van der Waals surface area contributed by atoms with Gasteiger partial charge in [-0.25, -0.2) is 5.01 Å². The van der Waals surface area contributed by atoms with Crippen molar-refractivity contribution in [3.8, 4) is 11.5 Å². The number of hydrazone groups is 1. The summed E-state index contributed by atoms with van der Waals surface area (Å²) in [5.41, 5.74) is 2.96. The first-order valence-electron chi connectivity index (χ1n) is 9.82. The number of hydrogen-bond acceptors (Lipinski definition) is 4. The molecule has 0 aromatic heterocycles. The van der Waals surface area contributed by atoms with Gasteiger partial charge in [-0.1, -0.05) is 54.1 Å². The fourth-order valence-corrected chi connectivity index (χ4v) is 3.68. The number of aromatic hydroxyl groups is 1. The molecule has 4 rings (SSSR count). The molecule has 1 N–H and O–H groups in total. The van der Waals surface area contributed by atoms with Gasteiger partial charge in [0.1, 0.15) is 11.5 Å². The van der Waals surface area contributed by atoms with Gasteiger partial charge in [-0.05, 0) is 47.5 Å². The Balaban J connectivity index is 1.68. The maximum Gasteiger partial charge on any atom is 0.267 e. The minimum atomic E-state index is -0.313. The summed E-state index contributed by atoms with van der Waals surface area (Å²) in [4.78, 5) is 13.1. The van der Waals surface area contributed by atoms with Gasteiger partial charge >= 0.3 is 0 Å². The predicted octanol–water partition coefficient (Wildman–Crippen LogP) is 5.45. The number of hydrogen-bond donors (Lipinski definition) is 1. The molecule has 1 aliphatic rings. The van der Waals surface area contributed by atoms with Gasteiger partial charge in [0.2, 0.25) is 0 Å². The van der Waals surface area contributed by atoms with E-state index in [1.54, 1.807) is 25.3 Å². The van der Waals surface area contributed by atoms with Crippen LogP contribution in [0, 0.1) is 0 Å². The molecule has 1 unspecified atom stereocenters. The molecule has 3 aromatic rings. The number of nitrogens with zero attached hydrogens (tertiary/aromatic N) is 2. The third-order valence-electron chi connectivity index (χ3n) is 5.12. The molecule has 0 spiro atoms. The van der Waals surface area contributed by atoms with E-state index in [-0.39, 0.29) is 17.7 Å². The van der Waals surface area contributed by atoms with Gasteiger partial charge in [0.05, 0.1) is 18.9 Å². The average Bonchev–Trinajstić information content (AvgIpc) is 3.25. The standard InChI is InChI=1S/C25H21ClN2O3/c1-31-20-11-8-18(9-12-20)23-16-22(21-15-19(26)10-13-24(21)29)27-28(23)25(30)14-7-17-5-3-2-4-6-17/h2-15,23,29H,16H2,1H3. The van der Waals surface area contributed by atoms with Gasteiger partial charge < -0.3 is 9.84 Å². The molecule has 31 heavy (non-hydrogen) atoms. The van der Waals surface area contributed by atoms with Crippen molar-refractivity contribution in [2.45, 2.75) is 12.5 Å². The van der Waals surface area contributed by atoms with Crippen LogP contribution in [0.5, 0.6) is 11.5 Å². The van der Waals surface area contributed by atoms with Crippen LogP contribution in [-0.2, 0) is 4.79 Å². The van der Waals surface area contributed by atoms with E-state index in [0.29, 0.717) is 22.7 Å². The number of phenols is 1. The summed E-state index contributed by atoms with van der Waals surface area (Å²) in [7, 11) is 1.61. The van der Waals surface area contributed by atoms with Crippen LogP contribution in [0.2, 0.25) is 5.02 Å². The lowest BCUT2D eigenvalue weighted by molar-refractivity contribution is -0.127. The van der Waals surface area contributed by atoms with Gasteiger partial charge in [-0.15, -0.1) is 0 Å². The second-order valence-electron chi connectivity index (χ2n) is 7.13. The SMILES string of the molecule is COc1ccc(C2CC(c3cc(Cl)ccc3O)=NN2C(=O)C=Cc2ccccc2)cc1. The third-order valence-corrected chi connectivity index (χ3v) is 5.36. The molecule has 0 saturated heterocycles. The molecule has 6 heteroatoms. The summed E-state index contributed by atoms with van der Waals surface area (Å²) < 4.78 is 5.24. The van der Waals surface area contributed by atoms with Crippen LogP contribution >= 0.6 is 11.6 Å². The first-order valence-corrected chi connectivity index (χ1v) is 10.2. The van der Waals surface area contributed by atoms with E-state index in [1.165, 1.54) is 17.2 Å². The van der Waals surface area contributed by atoms with E-state index in [4.69, 9.17) is 16.3 Å². The molecular weight excluding hydrogens is 412 g/mol. The van der Waals surface area contributed by atoms with Crippen LogP contribution in [-0.4, -0.2) is 28.8 Å². The molecule has 3 aromatic carbocycles.